The average Bonchev–Trinajstić information content (AvgIpc) is 2.59. The van der Waals surface area contributed by atoms with Crippen LogP contribution in [0, 0.1) is 11.8 Å². The molecule has 1 heterocycles. The molecule has 146 valence electrons. The van der Waals surface area contributed by atoms with Gasteiger partial charge in [0, 0.05) is 18.9 Å². The molecule has 4 atom stereocenters. The summed E-state index contributed by atoms with van der Waals surface area (Å²) in [7, 11) is 1.66. The summed E-state index contributed by atoms with van der Waals surface area (Å²) in [4.78, 5) is 10.9. The predicted octanol–water partition coefficient (Wildman–Crippen LogP) is 3.98. The van der Waals surface area contributed by atoms with Crippen molar-refractivity contribution in [2.75, 3.05) is 13.7 Å². The van der Waals surface area contributed by atoms with Gasteiger partial charge in [-0.3, -0.25) is 0 Å². The van der Waals surface area contributed by atoms with Crippen LogP contribution >= 0.6 is 0 Å². The molecule has 5 nitrogen and oxygen atoms in total. The summed E-state index contributed by atoms with van der Waals surface area (Å²) in [5.74, 6) is 0.721. The molecule has 1 aromatic rings. The first kappa shape index (κ1) is 20.9. The quantitative estimate of drug-likeness (QED) is 0.620. The van der Waals surface area contributed by atoms with Crippen LogP contribution in [0.4, 0.5) is 0 Å². The third-order valence-corrected chi connectivity index (χ3v) is 4.84. The number of aldehydes is 1. The van der Waals surface area contributed by atoms with E-state index in [2.05, 4.69) is 13.8 Å². The minimum atomic E-state index is -0.658. The minimum Gasteiger partial charge on any atom is -0.497 e. The smallest absolute Gasteiger partial charge is 0.163 e. The molecule has 0 bridgehead atoms. The van der Waals surface area contributed by atoms with Crippen LogP contribution in [-0.4, -0.2) is 38.0 Å². The van der Waals surface area contributed by atoms with E-state index >= 15 is 0 Å². The number of rotatable bonds is 9. The van der Waals surface area contributed by atoms with E-state index in [1.807, 2.05) is 38.1 Å². The maximum Gasteiger partial charge on any atom is 0.163 e. The fourth-order valence-corrected chi connectivity index (χ4v) is 3.40. The van der Waals surface area contributed by atoms with Crippen LogP contribution in [0.15, 0.2) is 24.3 Å². The third-order valence-electron chi connectivity index (χ3n) is 4.84. The van der Waals surface area contributed by atoms with E-state index in [-0.39, 0.29) is 18.1 Å². The molecule has 0 amide bonds. The SMILES string of the molecule is COc1ccc(COC[C@H](C)C[C@H]2OC(C)(C)O[C@H](CC=O)[C@@H]2C)cc1. The Morgan fingerprint density at radius 1 is 1.19 bits per heavy atom. The van der Waals surface area contributed by atoms with E-state index < -0.39 is 5.79 Å². The Labute approximate surface area is 157 Å². The number of methoxy groups -OCH3 is 1. The van der Waals surface area contributed by atoms with Crippen LogP contribution in [-0.2, 0) is 25.6 Å². The molecule has 1 aliphatic heterocycles. The van der Waals surface area contributed by atoms with E-state index in [0.717, 1.165) is 24.0 Å². The second-order valence-electron chi connectivity index (χ2n) is 7.68. The van der Waals surface area contributed by atoms with E-state index in [0.29, 0.717) is 25.6 Å². The summed E-state index contributed by atoms with van der Waals surface area (Å²) in [6.07, 6.45) is 2.19. The van der Waals surface area contributed by atoms with E-state index in [9.17, 15) is 4.79 Å². The second-order valence-corrected chi connectivity index (χ2v) is 7.68. The van der Waals surface area contributed by atoms with Gasteiger partial charge < -0.3 is 23.7 Å². The first-order valence-electron chi connectivity index (χ1n) is 9.34. The Hall–Kier alpha value is -1.43. The number of carbonyl (C=O) groups is 1. The Kier molecular flexibility index (Phi) is 7.62. The van der Waals surface area contributed by atoms with Gasteiger partial charge in [0.2, 0.25) is 0 Å². The Bertz CT molecular complexity index is 554. The predicted molar refractivity (Wildman–Crippen MR) is 100 cm³/mol. The molecule has 0 aromatic heterocycles. The first-order chi connectivity index (χ1) is 12.3. The van der Waals surface area contributed by atoms with Gasteiger partial charge in [0.15, 0.2) is 5.79 Å². The van der Waals surface area contributed by atoms with Gasteiger partial charge >= 0.3 is 0 Å². The van der Waals surface area contributed by atoms with Crippen molar-refractivity contribution in [3.63, 3.8) is 0 Å². The lowest BCUT2D eigenvalue weighted by atomic mass is 9.88. The molecular weight excluding hydrogens is 332 g/mol. The van der Waals surface area contributed by atoms with E-state index in [1.54, 1.807) is 7.11 Å². The van der Waals surface area contributed by atoms with Crippen molar-refractivity contribution in [2.24, 2.45) is 11.8 Å². The van der Waals surface area contributed by atoms with Gasteiger partial charge in [0.05, 0.1) is 25.9 Å². The zero-order chi connectivity index (χ0) is 19.2. The van der Waals surface area contributed by atoms with Crippen LogP contribution in [0.1, 0.15) is 46.1 Å². The molecule has 0 radical (unpaired) electrons. The second kappa shape index (κ2) is 9.49. The molecule has 2 rings (SSSR count). The van der Waals surface area contributed by atoms with Gasteiger partial charge in [-0.05, 0) is 43.9 Å². The summed E-state index contributed by atoms with van der Waals surface area (Å²) in [5.41, 5.74) is 1.13. The number of ether oxygens (including phenoxy) is 4. The van der Waals surface area contributed by atoms with Crippen LogP contribution in [0.2, 0.25) is 0 Å². The summed E-state index contributed by atoms with van der Waals surface area (Å²) in [6, 6.07) is 7.91. The number of hydrogen-bond donors (Lipinski definition) is 0. The van der Waals surface area contributed by atoms with Gasteiger partial charge in [-0.1, -0.05) is 26.0 Å². The highest BCUT2D eigenvalue weighted by atomic mass is 16.7. The van der Waals surface area contributed by atoms with Crippen LogP contribution < -0.4 is 4.74 Å². The Morgan fingerprint density at radius 3 is 2.46 bits per heavy atom. The Balaban J connectivity index is 1.81. The number of benzene rings is 1. The lowest BCUT2D eigenvalue weighted by Gasteiger charge is -2.45. The lowest BCUT2D eigenvalue weighted by Crippen LogP contribution is -2.50. The Morgan fingerprint density at radius 2 is 1.85 bits per heavy atom. The molecule has 1 fully saturated rings. The van der Waals surface area contributed by atoms with E-state index in [4.69, 9.17) is 18.9 Å². The molecule has 1 aliphatic rings. The normalized spacial score (nSPS) is 26.3. The highest BCUT2D eigenvalue weighted by Gasteiger charge is 2.40. The molecule has 0 N–H and O–H groups in total. The maximum absolute atomic E-state index is 10.9. The van der Waals surface area contributed by atoms with Crippen molar-refractivity contribution in [1.29, 1.82) is 0 Å². The maximum atomic E-state index is 10.9. The zero-order valence-electron chi connectivity index (χ0n) is 16.6. The van der Waals surface area contributed by atoms with Crippen LogP contribution in [0.3, 0.4) is 0 Å². The van der Waals surface area contributed by atoms with Crippen molar-refractivity contribution in [3.05, 3.63) is 29.8 Å². The highest BCUT2D eigenvalue weighted by Crippen LogP contribution is 2.35. The molecule has 0 spiro atoms. The van der Waals surface area contributed by atoms with Crippen molar-refractivity contribution >= 4 is 6.29 Å². The minimum absolute atomic E-state index is 0.0586. The number of hydrogen-bond acceptors (Lipinski definition) is 5. The standard InChI is InChI=1S/C21H32O5/c1-15(13-24-14-17-6-8-18(23-5)9-7-17)12-20-16(2)19(10-11-22)25-21(3,4)26-20/h6-9,11,15-16,19-20H,10,12-14H2,1-5H3/t15-,16+,19-,20-/m1/s1. The van der Waals surface area contributed by atoms with Gasteiger partial charge in [-0.2, -0.15) is 0 Å². The molecule has 1 aromatic carbocycles. The topological polar surface area (TPSA) is 54.0 Å². The third kappa shape index (κ3) is 6.08. The molecule has 5 heteroatoms. The fraction of sp³-hybridized carbons (Fsp3) is 0.667. The highest BCUT2D eigenvalue weighted by molar-refractivity contribution is 5.50. The average molecular weight is 364 g/mol. The largest absolute Gasteiger partial charge is 0.497 e. The summed E-state index contributed by atoms with van der Waals surface area (Å²) >= 11 is 0. The summed E-state index contributed by atoms with van der Waals surface area (Å²) in [5, 5.41) is 0. The molecule has 0 aliphatic carbocycles. The van der Waals surface area contributed by atoms with Crippen molar-refractivity contribution in [3.8, 4) is 5.75 Å². The molecular formula is C21H32O5. The number of carbonyl (C=O) groups excluding carboxylic acids is 1. The van der Waals surface area contributed by atoms with Gasteiger partial charge in [-0.15, -0.1) is 0 Å². The summed E-state index contributed by atoms with van der Waals surface area (Å²) < 4.78 is 23.1. The van der Waals surface area contributed by atoms with Crippen molar-refractivity contribution < 1.29 is 23.7 Å². The molecule has 0 saturated carbocycles. The van der Waals surface area contributed by atoms with Gasteiger partial charge in [0.25, 0.3) is 0 Å². The van der Waals surface area contributed by atoms with Gasteiger partial charge in [0.1, 0.15) is 12.0 Å². The molecule has 26 heavy (non-hydrogen) atoms. The van der Waals surface area contributed by atoms with Gasteiger partial charge in [-0.25, -0.2) is 0 Å². The molecule has 1 saturated heterocycles. The van der Waals surface area contributed by atoms with Crippen molar-refractivity contribution in [2.45, 2.75) is 65.1 Å². The fourth-order valence-electron chi connectivity index (χ4n) is 3.40. The van der Waals surface area contributed by atoms with Crippen LogP contribution in [0.25, 0.3) is 0 Å². The zero-order valence-corrected chi connectivity index (χ0v) is 16.6. The lowest BCUT2D eigenvalue weighted by molar-refractivity contribution is -0.320. The monoisotopic (exact) mass is 364 g/mol. The first-order valence-corrected chi connectivity index (χ1v) is 9.34. The van der Waals surface area contributed by atoms with Crippen molar-refractivity contribution in [1.82, 2.24) is 0 Å². The molecule has 0 unspecified atom stereocenters. The van der Waals surface area contributed by atoms with E-state index in [1.165, 1.54) is 0 Å². The summed E-state index contributed by atoms with van der Waals surface area (Å²) in [6.45, 7) is 9.33. The van der Waals surface area contributed by atoms with Crippen LogP contribution in [0.5, 0.6) is 5.75 Å².